The first-order valence-corrected chi connectivity index (χ1v) is 8.76. The highest BCUT2D eigenvalue weighted by Gasteiger charge is 2.23. The molecule has 0 radical (unpaired) electrons. The van der Waals surface area contributed by atoms with E-state index in [-0.39, 0.29) is 11.9 Å². The second-order valence-corrected chi connectivity index (χ2v) is 6.30. The number of nitrogens with one attached hydrogen (secondary N) is 1. The SMILES string of the molecule is CC(OC(=O)C1=COCCC1)C(=O)NC(C)c1ccc2c(c1)OCCO2. The number of benzene rings is 1. The monoisotopic (exact) mass is 361 g/mol. The Morgan fingerprint density at radius 2 is 1.88 bits per heavy atom. The van der Waals surface area contributed by atoms with Crippen molar-refractivity contribution in [3.63, 3.8) is 0 Å². The molecule has 1 aromatic rings. The van der Waals surface area contributed by atoms with Crippen LogP contribution in [0.1, 0.15) is 38.3 Å². The van der Waals surface area contributed by atoms with Crippen LogP contribution in [0.25, 0.3) is 0 Å². The Morgan fingerprint density at radius 1 is 1.12 bits per heavy atom. The van der Waals surface area contributed by atoms with Gasteiger partial charge in [0, 0.05) is 0 Å². The lowest BCUT2D eigenvalue weighted by Gasteiger charge is -2.22. The second kappa shape index (κ2) is 8.12. The van der Waals surface area contributed by atoms with Crippen molar-refractivity contribution in [2.24, 2.45) is 0 Å². The van der Waals surface area contributed by atoms with Crippen LogP contribution in [0.3, 0.4) is 0 Å². The van der Waals surface area contributed by atoms with Crippen molar-refractivity contribution in [1.82, 2.24) is 5.32 Å². The first-order valence-electron chi connectivity index (χ1n) is 8.76. The summed E-state index contributed by atoms with van der Waals surface area (Å²) in [6.07, 6.45) is 1.88. The van der Waals surface area contributed by atoms with Crippen LogP contribution >= 0.6 is 0 Å². The largest absolute Gasteiger partial charge is 0.501 e. The summed E-state index contributed by atoms with van der Waals surface area (Å²) < 4.78 is 21.4. The smallest absolute Gasteiger partial charge is 0.337 e. The molecular formula is C19H23NO6. The number of rotatable bonds is 5. The van der Waals surface area contributed by atoms with Crippen LogP contribution in [0.4, 0.5) is 0 Å². The van der Waals surface area contributed by atoms with Crippen molar-refractivity contribution < 1.29 is 28.5 Å². The van der Waals surface area contributed by atoms with Gasteiger partial charge in [-0.1, -0.05) is 6.07 Å². The molecule has 140 valence electrons. The lowest BCUT2D eigenvalue weighted by molar-refractivity contribution is -0.151. The lowest BCUT2D eigenvalue weighted by atomic mass is 10.1. The van der Waals surface area contributed by atoms with Gasteiger partial charge in [-0.25, -0.2) is 4.79 Å². The fraction of sp³-hybridized carbons (Fsp3) is 0.474. The predicted molar refractivity (Wildman–Crippen MR) is 92.8 cm³/mol. The maximum absolute atomic E-state index is 12.3. The zero-order valence-electron chi connectivity index (χ0n) is 14.9. The van der Waals surface area contributed by atoms with Gasteiger partial charge in [-0.3, -0.25) is 4.79 Å². The van der Waals surface area contributed by atoms with E-state index in [9.17, 15) is 9.59 Å². The number of hydrogen-bond donors (Lipinski definition) is 1. The van der Waals surface area contributed by atoms with Gasteiger partial charge in [-0.2, -0.15) is 0 Å². The van der Waals surface area contributed by atoms with E-state index < -0.39 is 12.1 Å². The van der Waals surface area contributed by atoms with Crippen molar-refractivity contribution in [2.45, 2.75) is 38.8 Å². The summed E-state index contributed by atoms with van der Waals surface area (Å²) in [6.45, 7) is 5.04. The second-order valence-electron chi connectivity index (χ2n) is 6.30. The molecule has 2 aliphatic rings. The Balaban J connectivity index is 1.56. The molecule has 26 heavy (non-hydrogen) atoms. The van der Waals surface area contributed by atoms with Crippen LogP contribution in [0.2, 0.25) is 0 Å². The van der Waals surface area contributed by atoms with E-state index >= 15 is 0 Å². The standard InChI is InChI=1S/C19H23NO6/c1-12(14-5-6-16-17(10-14)25-9-8-24-16)20-18(21)13(2)26-19(22)15-4-3-7-23-11-15/h5-6,10-13H,3-4,7-9H2,1-2H3,(H,20,21). The summed E-state index contributed by atoms with van der Waals surface area (Å²) in [5.41, 5.74) is 1.33. The Morgan fingerprint density at radius 3 is 2.62 bits per heavy atom. The number of fused-ring (bicyclic) bond motifs is 1. The normalized spacial score (nSPS) is 18.0. The Kier molecular flexibility index (Phi) is 5.65. The highest BCUT2D eigenvalue weighted by atomic mass is 16.6. The summed E-state index contributed by atoms with van der Waals surface area (Å²) in [4.78, 5) is 24.4. The third-order valence-corrected chi connectivity index (χ3v) is 4.27. The van der Waals surface area contributed by atoms with Crippen LogP contribution in [0.5, 0.6) is 11.5 Å². The molecule has 0 saturated carbocycles. The Bertz CT molecular complexity index is 714. The average molecular weight is 361 g/mol. The number of carbonyl (C=O) groups excluding carboxylic acids is 2. The number of carbonyl (C=O) groups is 2. The van der Waals surface area contributed by atoms with E-state index in [1.165, 1.54) is 6.26 Å². The highest BCUT2D eigenvalue weighted by molar-refractivity contribution is 5.91. The van der Waals surface area contributed by atoms with Crippen LogP contribution in [0.15, 0.2) is 30.0 Å². The minimum absolute atomic E-state index is 0.267. The van der Waals surface area contributed by atoms with Crippen LogP contribution < -0.4 is 14.8 Å². The molecule has 2 atom stereocenters. The molecule has 0 fully saturated rings. The lowest BCUT2D eigenvalue weighted by Crippen LogP contribution is -2.37. The predicted octanol–water partition coefficient (Wildman–Crippen LogP) is 2.26. The summed E-state index contributed by atoms with van der Waals surface area (Å²) in [6, 6.07) is 5.28. The fourth-order valence-electron chi connectivity index (χ4n) is 2.75. The fourth-order valence-corrected chi connectivity index (χ4v) is 2.75. The van der Waals surface area contributed by atoms with Crippen molar-refractivity contribution >= 4 is 11.9 Å². The molecule has 1 aromatic carbocycles. The van der Waals surface area contributed by atoms with Gasteiger partial charge in [0.1, 0.15) is 13.2 Å². The number of esters is 1. The number of hydrogen-bond acceptors (Lipinski definition) is 6. The molecule has 0 aliphatic carbocycles. The molecule has 7 heteroatoms. The summed E-state index contributed by atoms with van der Waals surface area (Å²) in [7, 11) is 0. The third kappa shape index (κ3) is 4.28. The molecule has 0 spiro atoms. The van der Waals surface area contributed by atoms with Crippen LogP contribution in [-0.2, 0) is 19.1 Å². The molecule has 1 N–H and O–H groups in total. The van der Waals surface area contributed by atoms with Gasteiger partial charge in [0.15, 0.2) is 17.6 Å². The zero-order valence-corrected chi connectivity index (χ0v) is 14.9. The molecule has 0 saturated heterocycles. The third-order valence-electron chi connectivity index (χ3n) is 4.27. The van der Waals surface area contributed by atoms with E-state index in [1.54, 1.807) is 6.92 Å². The summed E-state index contributed by atoms with van der Waals surface area (Å²) in [5, 5.41) is 2.85. The molecule has 2 aliphatic heterocycles. The summed E-state index contributed by atoms with van der Waals surface area (Å²) in [5.74, 6) is 0.486. The molecule has 3 rings (SSSR count). The molecule has 0 aromatic heterocycles. The maximum Gasteiger partial charge on any atom is 0.337 e. The Labute approximate surface area is 152 Å². The van der Waals surface area contributed by atoms with E-state index in [1.807, 2.05) is 25.1 Å². The van der Waals surface area contributed by atoms with Crippen molar-refractivity contribution in [3.05, 3.63) is 35.6 Å². The molecule has 0 bridgehead atoms. The van der Waals surface area contributed by atoms with Crippen LogP contribution in [0, 0.1) is 0 Å². The number of ether oxygens (including phenoxy) is 4. The molecular weight excluding hydrogens is 338 g/mol. The van der Waals surface area contributed by atoms with Crippen molar-refractivity contribution in [1.29, 1.82) is 0 Å². The quantitative estimate of drug-likeness (QED) is 0.810. The van der Waals surface area contributed by atoms with Crippen molar-refractivity contribution in [2.75, 3.05) is 19.8 Å². The van der Waals surface area contributed by atoms with Gasteiger partial charge in [-0.05, 0) is 44.4 Å². The van der Waals surface area contributed by atoms with Gasteiger partial charge in [0.05, 0.1) is 24.5 Å². The highest BCUT2D eigenvalue weighted by Crippen LogP contribution is 2.32. The van der Waals surface area contributed by atoms with Gasteiger partial charge < -0.3 is 24.3 Å². The number of amides is 1. The average Bonchev–Trinajstić information content (AvgIpc) is 2.68. The molecule has 2 heterocycles. The molecule has 7 nitrogen and oxygen atoms in total. The minimum Gasteiger partial charge on any atom is -0.501 e. The zero-order chi connectivity index (χ0) is 18.5. The Hall–Kier alpha value is -2.70. The van der Waals surface area contributed by atoms with E-state index in [2.05, 4.69) is 5.32 Å². The van der Waals surface area contributed by atoms with Gasteiger partial charge in [0.2, 0.25) is 0 Å². The first-order chi connectivity index (χ1) is 12.5. The van der Waals surface area contributed by atoms with Crippen LogP contribution in [-0.4, -0.2) is 37.8 Å². The van der Waals surface area contributed by atoms with Gasteiger partial charge in [0.25, 0.3) is 5.91 Å². The van der Waals surface area contributed by atoms with Crippen molar-refractivity contribution in [3.8, 4) is 11.5 Å². The van der Waals surface area contributed by atoms with E-state index in [0.717, 1.165) is 12.0 Å². The first kappa shape index (κ1) is 18.1. The summed E-state index contributed by atoms with van der Waals surface area (Å²) >= 11 is 0. The van der Waals surface area contributed by atoms with Gasteiger partial charge >= 0.3 is 5.97 Å². The molecule has 2 unspecified atom stereocenters. The minimum atomic E-state index is -0.898. The molecule has 1 amide bonds. The van der Waals surface area contributed by atoms with E-state index in [0.29, 0.717) is 43.3 Å². The van der Waals surface area contributed by atoms with Gasteiger partial charge in [-0.15, -0.1) is 0 Å². The maximum atomic E-state index is 12.3. The van der Waals surface area contributed by atoms with E-state index in [4.69, 9.17) is 18.9 Å². The topological polar surface area (TPSA) is 83.1 Å².